The summed E-state index contributed by atoms with van der Waals surface area (Å²) in [6.45, 7) is 5.17. The maximum atomic E-state index is 5.82. The summed E-state index contributed by atoms with van der Waals surface area (Å²) in [6, 6.07) is 6.05. The van der Waals surface area contributed by atoms with Gasteiger partial charge in [-0.1, -0.05) is 28.1 Å². The van der Waals surface area contributed by atoms with Gasteiger partial charge in [-0.05, 0) is 52.2 Å². The van der Waals surface area contributed by atoms with Gasteiger partial charge in [0.1, 0.15) is 4.99 Å². The minimum absolute atomic E-state index is 0.452. The number of hydrogen-bond donors (Lipinski definition) is 1. The summed E-state index contributed by atoms with van der Waals surface area (Å²) in [4.78, 5) is 4.97. The van der Waals surface area contributed by atoms with E-state index in [0.717, 1.165) is 41.8 Å². The van der Waals surface area contributed by atoms with Gasteiger partial charge in [0.15, 0.2) is 0 Å². The van der Waals surface area contributed by atoms with Crippen molar-refractivity contribution in [1.82, 2.24) is 4.90 Å². The molecule has 0 radical (unpaired) electrons. The number of benzene rings is 1. The Morgan fingerprint density at radius 2 is 2.00 bits per heavy atom. The van der Waals surface area contributed by atoms with Crippen LogP contribution in [-0.4, -0.2) is 43.6 Å². The number of halogens is 1. The second kappa shape index (κ2) is 7.82. The molecular formula is C14H22BrN3S. The number of nitrogens with zero attached hydrogens (tertiary/aromatic N) is 2. The van der Waals surface area contributed by atoms with Crippen LogP contribution in [0.25, 0.3) is 0 Å². The number of thiocarbonyl (C=S) groups is 1. The third-order valence-corrected chi connectivity index (χ3v) is 3.69. The van der Waals surface area contributed by atoms with Crippen molar-refractivity contribution < 1.29 is 0 Å². The molecule has 0 heterocycles. The highest BCUT2D eigenvalue weighted by Gasteiger charge is 2.12. The molecule has 0 aromatic heterocycles. The third kappa shape index (κ3) is 5.09. The van der Waals surface area contributed by atoms with Gasteiger partial charge < -0.3 is 15.5 Å². The predicted octanol–water partition coefficient (Wildman–Crippen LogP) is 2.86. The molecule has 0 amide bonds. The summed E-state index contributed by atoms with van der Waals surface area (Å²) >= 11 is 8.66. The fourth-order valence-electron chi connectivity index (χ4n) is 2.00. The number of anilines is 1. The van der Waals surface area contributed by atoms with E-state index in [9.17, 15) is 0 Å². The van der Waals surface area contributed by atoms with Crippen LogP contribution in [0.2, 0.25) is 0 Å². The molecule has 106 valence electrons. The van der Waals surface area contributed by atoms with Crippen LogP contribution in [0.5, 0.6) is 0 Å². The normalized spacial score (nSPS) is 10.8. The lowest BCUT2D eigenvalue weighted by Gasteiger charge is -2.26. The molecule has 0 unspecified atom stereocenters. The molecule has 19 heavy (non-hydrogen) atoms. The van der Waals surface area contributed by atoms with Crippen LogP contribution in [0.3, 0.4) is 0 Å². The van der Waals surface area contributed by atoms with Gasteiger partial charge in [0, 0.05) is 28.8 Å². The van der Waals surface area contributed by atoms with E-state index in [1.54, 1.807) is 0 Å². The molecule has 2 N–H and O–H groups in total. The fourth-order valence-corrected chi connectivity index (χ4v) is 2.52. The lowest BCUT2D eigenvalue weighted by Crippen LogP contribution is -2.29. The van der Waals surface area contributed by atoms with E-state index >= 15 is 0 Å². The molecule has 1 aromatic carbocycles. The van der Waals surface area contributed by atoms with Gasteiger partial charge in [0.2, 0.25) is 0 Å². The molecule has 1 rings (SSSR count). The SMILES string of the molecule is CCN(CCCN(C)C)c1cc(Br)ccc1C(N)=S. The lowest BCUT2D eigenvalue weighted by atomic mass is 10.1. The Morgan fingerprint density at radius 1 is 1.32 bits per heavy atom. The van der Waals surface area contributed by atoms with Gasteiger partial charge in [-0.25, -0.2) is 0 Å². The number of hydrogen-bond acceptors (Lipinski definition) is 3. The van der Waals surface area contributed by atoms with E-state index in [-0.39, 0.29) is 0 Å². The zero-order valence-electron chi connectivity index (χ0n) is 11.8. The van der Waals surface area contributed by atoms with Crippen molar-refractivity contribution in [1.29, 1.82) is 0 Å². The molecular weight excluding hydrogens is 322 g/mol. The van der Waals surface area contributed by atoms with Gasteiger partial charge in [0.25, 0.3) is 0 Å². The minimum Gasteiger partial charge on any atom is -0.389 e. The molecule has 3 nitrogen and oxygen atoms in total. The Bertz CT molecular complexity index is 435. The van der Waals surface area contributed by atoms with Crippen molar-refractivity contribution in [2.45, 2.75) is 13.3 Å². The summed E-state index contributed by atoms with van der Waals surface area (Å²) in [5, 5.41) is 0. The summed E-state index contributed by atoms with van der Waals surface area (Å²) in [7, 11) is 4.19. The fraction of sp³-hybridized carbons (Fsp3) is 0.500. The molecule has 0 spiro atoms. The van der Waals surface area contributed by atoms with E-state index in [4.69, 9.17) is 18.0 Å². The molecule has 0 saturated carbocycles. The van der Waals surface area contributed by atoms with Crippen LogP contribution < -0.4 is 10.6 Å². The quantitative estimate of drug-likeness (QED) is 0.771. The first kappa shape index (κ1) is 16.4. The largest absolute Gasteiger partial charge is 0.389 e. The molecule has 5 heteroatoms. The van der Waals surface area contributed by atoms with Crippen molar-refractivity contribution in [3.8, 4) is 0 Å². The molecule has 0 aliphatic rings. The standard InChI is InChI=1S/C14H22BrN3S/c1-4-18(9-5-8-17(2)3)13-10-11(15)6-7-12(13)14(16)19/h6-7,10H,4-5,8-9H2,1-3H3,(H2,16,19). The molecule has 1 aromatic rings. The number of nitrogens with two attached hydrogens (primary N) is 1. The van der Waals surface area contributed by atoms with Gasteiger partial charge in [-0.3, -0.25) is 0 Å². The smallest absolute Gasteiger partial charge is 0.106 e. The van der Waals surface area contributed by atoms with Crippen LogP contribution in [0, 0.1) is 0 Å². The van der Waals surface area contributed by atoms with Crippen LogP contribution in [0.4, 0.5) is 5.69 Å². The van der Waals surface area contributed by atoms with E-state index in [2.05, 4.69) is 52.8 Å². The van der Waals surface area contributed by atoms with Crippen LogP contribution in [-0.2, 0) is 0 Å². The average Bonchev–Trinajstić information content (AvgIpc) is 2.33. The molecule has 0 aliphatic heterocycles. The van der Waals surface area contributed by atoms with Gasteiger partial charge in [0.05, 0.1) is 0 Å². The van der Waals surface area contributed by atoms with E-state index in [1.807, 2.05) is 12.1 Å². The Balaban J connectivity index is 2.90. The zero-order valence-corrected chi connectivity index (χ0v) is 14.2. The van der Waals surface area contributed by atoms with Crippen molar-refractivity contribution in [3.05, 3.63) is 28.2 Å². The number of rotatable bonds is 7. The maximum absolute atomic E-state index is 5.82. The first-order valence-electron chi connectivity index (χ1n) is 6.44. The summed E-state index contributed by atoms with van der Waals surface area (Å²) < 4.78 is 1.05. The maximum Gasteiger partial charge on any atom is 0.106 e. The average molecular weight is 344 g/mol. The Morgan fingerprint density at radius 3 is 2.53 bits per heavy atom. The van der Waals surface area contributed by atoms with Crippen LogP contribution in [0.15, 0.2) is 22.7 Å². The highest BCUT2D eigenvalue weighted by molar-refractivity contribution is 9.10. The predicted molar refractivity (Wildman–Crippen MR) is 91.1 cm³/mol. The van der Waals surface area contributed by atoms with Crippen molar-refractivity contribution >= 4 is 38.8 Å². The molecule has 0 saturated heterocycles. The summed E-state index contributed by atoms with van der Waals surface area (Å²) in [5.41, 5.74) is 7.88. The highest BCUT2D eigenvalue weighted by atomic mass is 79.9. The molecule has 0 fully saturated rings. The van der Waals surface area contributed by atoms with Gasteiger partial charge in [-0.2, -0.15) is 0 Å². The topological polar surface area (TPSA) is 32.5 Å². The van der Waals surface area contributed by atoms with Crippen molar-refractivity contribution in [2.75, 3.05) is 38.6 Å². The first-order chi connectivity index (χ1) is 8.95. The molecule has 0 bridgehead atoms. The molecule has 0 atom stereocenters. The first-order valence-corrected chi connectivity index (χ1v) is 7.64. The molecule has 0 aliphatic carbocycles. The van der Waals surface area contributed by atoms with E-state index in [1.165, 1.54) is 0 Å². The highest BCUT2D eigenvalue weighted by Crippen LogP contribution is 2.25. The Hall–Kier alpha value is -0.650. The Kier molecular flexibility index (Phi) is 6.75. The van der Waals surface area contributed by atoms with E-state index < -0.39 is 0 Å². The van der Waals surface area contributed by atoms with Gasteiger partial charge >= 0.3 is 0 Å². The second-order valence-corrected chi connectivity index (χ2v) is 6.12. The monoisotopic (exact) mass is 343 g/mol. The Labute approximate surface area is 129 Å². The summed E-state index contributed by atoms with van der Waals surface area (Å²) in [6.07, 6.45) is 1.12. The minimum atomic E-state index is 0.452. The summed E-state index contributed by atoms with van der Waals surface area (Å²) in [5.74, 6) is 0. The zero-order chi connectivity index (χ0) is 14.4. The second-order valence-electron chi connectivity index (χ2n) is 4.76. The van der Waals surface area contributed by atoms with Crippen LogP contribution >= 0.6 is 28.1 Å². The van der Waals surface area contributed by atoms with Crippen molar-refractivity contribution in [3.63, 3.8) is 0 Å². The van der Waals surface area contributed by atoms with E-state index in [0.29, 0.717) is 4.99 Å². The third-order valence-electron chi connectivity index (χ3n) is 2.98. The van der Waals surface area contributed by atoms with Gasteiger partial charge in [-0.15, -0.1) is 0 Å². The van der Waals surface area contributed by atoms with Crippen LogP contribution in [0.1, 0.15) is 18.9 Å². The lowest BCUT2D eigenvalue weighted by molar-refractivity contribution is 0.400. The van der Waals surface area contributed by atoms with Crippen molar-refractivity contribution in [2.24, 2.45) is 5.73 Å².